The second-order valence-electron chi connectivity index (χ2n) is 5.61. The SMILES string of the molecule is CCNC(=NCc1nc(C)c(C)s1)NCCCCCCC(=O)OC.I. The lowest BCUT2D eigenvalue weighted by molar-refractivity contribution is -0.140. The molecule has 1 aromatic heterocycles. The van der Waals surface area contributed by atoms with Crippen LogP contribution in [0.15, 0.2) is 4.99 Å². The number of halogens is 1. The summed E-state index contributed by atoms with van der Waals surface area (Å²) in [5, 5.41) is 7.65. The van der Waals surface area contributed by atoms with Crippen molar-refractivity contribution in [3.63, 3.8) is 0 Å². The van der Waals surface area contributed by atoms with E-state index >= 15 is 0 Å². The Kier molecular flexibility index (Phi) is 13.8. The number of esters is 1. The van der Waals surface area contributed by atoms with Gasteiger partial charge in [-0.3, -0.25) is 4.79 Å². The van der Waals surface area contributed by atoms with E-state index in [4.69, 9.17) is 0 Å². The monoisotopic (exact) mass is 482 g/mol. The number of guanidine groups is 1. The fourth-order valence-corrected chi connectivity index (χ4v) is 3.01. The number of aromatic nitrogens is 1. The molecule has 0 aliphatic heterocycles. The number of hydrogen-bond acceptors (Lipinski definition) is 5. The van der Waals surface area contributed by atoms with E-state index in [9.17, 15) is 4.79 Å². The third-order valence-corrected chi connectivity index (χ3v) is 4.67. The van der Waals surface area contributed by atoms with E-state index in [-0.39, 0.29) is 29.9 Å². The molecule has 1 heterocycles. The van der Waals surface area contributed by atoms with E-state index in [0.717, 1.165) is 55.4 Å². The highest BCUT2D eigenvalue weighted by atomic mass is 127. The maximum Gasteiger partial charge on any atom is 0.305 e. The summed E-state index contributed by atoms with van der Waals surface area (Å²) < 4.78 is 4.63. The number of hydrogen-bond donors (Lipinski definition) is 2. The van der Waals surface area contributed by atoms with E-state index in [2.05, 4.69) is 39.2 Å². The average molecular weight is 482 g/mol. The van der Waals surface area contributed by atoms with Gasteiger partial charge in [-0.2, -0.15) is 0 Å². The third-order valence-electron chi connectivity index (χ3n) is 3.62. The number of unbranched alkanes of at least 4 members (excludes halogenated alkanes) is 3. The molecule has 0 aliphatic rings. The van der Waals surface area contributed by atoms with E-state index < -0.39 is 0 Å². The molecule has 0 fully saturated rings. The van der Waals surface area contributed by atoms with Crippen LogP contribution in [-0.4, -0.2) is 37.1 Å². The highest BCUT2D eigenvalue weighted by molar-refractivity contribution is 14.0. The fourth-order valence-electron chi connectivity index (χ4n) is 2.15. The number of ether oxygens (including phenoxy) is 1. The molecule has 0 aromatic carbocycles. The van der Waals surface area contributed by atoms with Crippen LogP contribution in [0.2, 0.25) is 0 Å². The first-order valence-corrected chi connectivity index (χ1v) is 9.40. The van der Waals surface area contributed by atoms with Crippen LogP contribution in [-0.2, 0) is 16.1 Å². The van der Waals surface area contributed by atoms with Crippen molar-refractivity contribution < 1.29 is 9.53 Å². The van der Waals surface area contributed by atoms with Gasteiger partial charge < -0.3 is 15.4 Å². The number of aryl methyl sites for hydroxylation is 2. The minimum absolute atomic E-state index is 0. The summed E-state index contributed by atoms with van der Waals surface area (Å²) in [7, 11) is 1.43. The number of nitrogens with zero attached hydrogens (tertiary/aromatic N) is 2. The van der Waals surface area contributed by atoms with Gasteiger partial charge in [0.1, 0.15) is 5.01 Å². The average Bonchev–Trinajstić information content (AvgIpc) is 2.89. The highest BCUT2D eigenvalue weighted by Crippen LogP contribution is 2.16. The van der Waals surface area contributed by atoms with Crippen molar-refractivity contribution in [3.8, 4) is 0 Å². The molecule has 0 unspecified atom stereocenters. The van der Waals surface area contributed by atoms with Gasteiger partial charge in [0, 0.05) is 24.4 Å². The van der Waals surface area contributed by atoms with Gasteiger partial charge in [-0.25, -0.2) is 9.98 Å². The van der Waals surface area contributed by atoms with Crippen LogP contribution in [0.5, 0.6) is 0 Å². The van der Waals surface area contributed by atoms with Crippen LogP contribution in [0, 0.1) is 13.8 Å². The molecule has 8 heteroatoms. The van der Waals surface area contributed by atoms with E-state index in [1.807, 2.05) is 6.92 Å². The lowest BCUT2D eigenvalue weighted by Gasteiger charge is -2.10. The summed E-state index contributed by atoms with van der Waals surface area (Å²) in [5.41, 5.74) is 1.09. The molecule has 0 bridgehead atoms. The second kappa shape index (κ2) is 14.3. The van der Waals surface area contributed by atoms with Crippen LogP contribution in [0.1, 0.15) is 54.6 Å². The number of carbonyl (C=O) groups is 1. The third kappa shape index (κ3) is 10.6. The number of methoxy groups -OCH3 is 1. The molecule has 2 N–H and O–H groups in total. The first-order chi connectivity index (χ1) is 11.6. The Labute approximate surface area is 172 Å². The molecular weight excluding hydrogens is 451 g/mol. The zero-order chi connectivity index (χ0) is 17.8. The van der Waals surface area contributed by atoms with Crippen LogP contribution in [0.25, 0.3) is 0 Å². The predicted molar refractivity (Wildman–Crippen MR) is 115 cm³/mol. The van der Waals surface area contributed by atoms with E-state index in [1.54, 1.807) is 11.3 Å². The molecule has 0 spiro atoms. The number of carbonyl (C=O) groups excluding carboxylic acids is 1. The van der Waals surface area contributed by atoms with Crippen molar-refractivity contribution in [2.75, 3.05) is 20.2 Å². The number of aliphatic imine (C=N–C) groups is 1. The molecule has 0 saturated carbocycles. The molecule has 1 aromatic rings. The Balaban J connectivity index is 0.00000576. The number of rotatable bonds is 10. The quantitative estimate of drug-likeness (QED) is 0.175. The topological polar surface area (TPSA) is 75.6 Å². The Bertz CT molecular complexity index is 515. The van der Waals surface area contributed by atoms with Gasteiger partial charge in [-0.05, 0) is 33.6 Å². The van der Waals surface area contributed by atoms with Gasteiger partial charge in [-0.15, -0.1) is 35.3 Å². The van der Waals surface area contributed by atoms with Crippen molar-refractivity contribution in [1.29, 1.82) is 0 Å². The number of nitrogens with one attached hydrogen (secondary N) is 2. The summed E-state index contributed by atoms with van der Waals surface area (Å²) in [6.07, 6.45) is 4.60. The van der Waals surface area contributed by atoms with Crippen molar-refractivity contribution in [2.45, 2.75) is 59.4 Å². The molecule has 25 heavy (non-hydrogen) atoms. The Morgan fingerprint density at radius 3 is 2.52 bits per heavy atom. The van der Waals surface area contributed by atoms with Gasteiger partial charge >= 0.3 is 5.97 Å². The van der Waals surface area contributed by atoms with Crippen LogP contribution < -0.4 is 10.6 Å². The zero-order valence-electron chi connectivity index (χ0n) is 15.7. The normalized spacial score (nSPS) is 11.0. The van der Waals surface area contributed by atoms with Crippen molar-refractivity contribution in [3.05, 3.63) is 15.6 Å². The first-order valence-electron chi connectivity index (χ1n) is 8.58. The molecule has 0 amide bonds. The molecule has 1 rings (SSSR count). The lowest BCUT2D eigenvalue weighted by atomic mass is 10.1. The molecule has 6 nitrogen and oxygen atoms in total. The predicted octanol–water partition coefficient (Wildman–Crippen LogP) is 3.56. The minimum Gasteiger partial charge on any atom is -0.469 e. The first kappa shape index (κ1) is 24.1. The standard InChI is InChI=1S/C17H30N4O2S.HI/c1-5-18-17(20-12-15-21-13(2)14(3)24-15)19-11-9-7-6-8-10-16(22)23-4;/h5-12H2,1-4H3,(H2,18,19,20);1H. The smallest absolute Gasteiger partial charge is 0.305 e. The Morgan fingerprint density at radius 1 is 1.20 bits per heavy atom. The second-order valence-corrected chi connectivity index (χ2v) is 6.90. The number of thiazole rings is 1. The maximum absolute atomic E-state index is 11.0. The molecule has 0 radical (unpaired) electrons. The van der Waals surface area contributed by atoms with E-state index in [0.29, 0.717) is 13.0 Å². The van der Waals surface area contributed by atoms with Gasteiger partial charge in [0.05, 0.1) is 19.3 Å². The summed E-state index contributed by atoms with van der Waals surface area (Å²) in [6, 6.07) is 0. The minimum atomic E-state index is -0.123. The zero-order valence-corrected chi connectivity index (χ0v) is 18.8. The summed E-state index contributed by atoms with van der Waals surface area (Å²) in [6.45, 7) is 8.49. The van der Waals surface area contributed by atoms with Crippen LogP contribution in [0.3, 0.4) is 0 Å². The van der Waals surface area contributed by atoms with Crippen LogP contribution >= 0.6 is 35.3 Å². The molecule has 0 aliphatic carbocycles. The van der Waals surface area contributed by atoms with E-state index in [1.165, 1.54) is 12.0 Å². The van der Waals surface area contributed by atoms with Crippen molar-refractivity contribution in [1.82, 2.24) is 15.6 Å². The lowest BCUT2D eigenvalue weighted by Crippen LogP contribution is -2.37. The molecular formula is C17H31IN4O2S. The molecule has 0 saturated heterocycles. The molecule has 144 valence electrons. The van der Waals surface area contributed by atoms with Gasteiger partial charge in [0.15, 0.2) is 5.96 Å². The highest BCUT2D eigenvalue weighted by Gasteiger charge is 2.04. The van der Waals surface area contributed by atoms with Crippen LogP contribution in [0.4, 0.5) is 0 Å². The van der Waals surface area contributed by atoms with Crippen molar-refractivity contribution >= 4 is 47.2 Å². The summed E-state index contributed by atoms with van der Waals surface area (Å²) in [5.74, 6) is 0.708. The summed E-state index contributed by atoms with van der Waals surface area (Å²) >= 11 is 1.70. The Hall–Kier alpha value is -0.900. The summed E-state index contributed by atoms with van der Waals surface area (Å²) in [4.78, 5) is 21.4. The van der Waals surface area contributed by atoms with Gasteiger partial charge in [0.25, 0.3) is 0 Å². The van der Waals surface area contributed by atoms with Gasteiger partial charge in [0.2, 0.25) is 0 Å². The van der Waals surface area contributed by atoms with Crippen molar-refractivity contribution in [2.24, 2.45) is 4.99 Å². The fraction of sp³-hybridized carbons (Fsp3) is 0.706. The largest absolute Gasteiger partial charge is 0.469 e. The maximum atomic E-state index is 11.0. The van der Waals surface area contributed by atoms with Gasteiger partial charge in [-0.1, -0.05) is 12.8 Å². The Morgan fingerprint density at radius 2 is 1.92 bits per heavy atom. The molecule has 0 atom stereocenters.